The van der Waals surface area contributed by atoms with E-state index in [2.05, 4.69) is 9.97 Å². The fraction of sp³-hybridized carbons (Fsp3) is 0.222. The van der Waals surface area contributed by atoms with Gasteiger partial charge in [0.05, 0.1) is 11.9 Å². The van der Waals surface area contributed by atoms with Gasteiger partial charge >= 0.3 is 5.97 Å². The van der Waals surface area contributed by atoms with Gasteiger partial charge in [0.15, 0.2) is 5.65 Å². The van der Waals surface area contributed by atoms with E-state index in [1.165, 1.54) is 0 Å². The molecule has 2 aromatic heterocycles. The molecule has 0 aromatic carbocycles. The highest BCUT2D eigenvalue weighted by atomic mass is 16.4. The predicted molar refractivity (Wildman–Crippen MR) is 52.3 cm³/mol. The van der Waals surface area contributed by atoms with Crippen LogP contribution in [0, 0.1) is 0 Å². The first-order valence-electron chi connectivity index (χ1n) is 4.43. The molecule has 2 rings (SSSR count). The quantitative estimate of drug-likeness (QED) is 0.718. The molecule has 0 amide bonds. The lowest BCUT2D eigenvalue weighted by Gasteiger charge is -2.01. The lowest BCUT2D eigenvalue weighted by atomic mass is 10.2. The van der Waals surface area contributed by atoms with Gasteiger partial charge in [0.1, 0.15) is 6.04 Å². The van der Waals surface area contributed by atoms with E-state index in [9.17, 15) is 4.79 Å². The summed E-state index contributed by atoms with van der Waals surface area (Å²) in [5.41, 5.74) is 6.74. The van der Waals surface area contributed by atoms with Crippen LogP contribution >= 0.6 is 0 Å². The molecule has 0 saturated heterocycles. The molecule has 3 N–H and O–H groups in total. The number of hydrogen-bond acceptors (Lipinski definition) is 4. The number of carboxylic acid groups (broad SMARTS) is 1. The molecular formula is C9H10N4O2. The van der Waals surface area contributed by atoms with Gasteiger partial charge in [-0.1, -0.05) is 0 Å². The predicted octanol–water partition coefficient (Wildman–Crippen LogP) is -0.316. The topological polar surface area (TPSA) is 93.5 Å². The summed E-state index contributed by atoms with van der Waals surface area (Å²) in [6.07, 6.45) is 6.96. The monoisotopic (exact) mass is 206 g/mol. The van der Waals surface area contributed by atoms with Gasteiger partial charge < -0.3 is 15.2 Å². The van der Waals surface area contributed by atoms with E-state index in [4.69, 9.17) is 10.8 Å². The summed E-state index contributed by atoms with van der Waals surface area (Å²) in [6.45, 7) is 0. The minimum absolute atomic E-state index is 0.219. The molecule has 1 atom stereocenters. The SMILES string of the molecule is NC(Cc1cn2ccncc2n1)C(=O)O. The Morgan fingerprint density at radius 3 is 3.13 bits per heavy atom. The lowest BCUT2D eigenvalue weighted by Crippen LogP contribution is -2.32. The molecule has 0 aliphatic carbocycles. The number of carbonyl (C=O) groups is 1. The van der Waals surface area contributed by atoms with Crippen molar-refractivity contribution >= 4 is 11.6 Å². The van der Waals surface area contributed by atoms with Crippen molar-refractivity contribution in [2.24, 2.45) is 5.73 Å². The van der Waals surface area contributed by atoms with Crippen molar-refractivity contribution in [3.63, 3.8) is 0 Å². The number of nitrogens with two attached hydrogens (primary N) is 1. The van der Waals surface area contributed by atoms with Crippen LogP contribution in [-0.2, 0) is 11.2 Å². The van der Waals surface area contributed by atoms with E-state index in [-0.39, 0.29) is 6.42 Å². The zero-order chi connectivity index (χ0) is 10.8. The summed E-state index contributed by atoms with van der Waals surface area (Å²) in [5.74, 6) is -1.02. The van der Waals surface area contributed by atoms with Crippen molar-refractivity contribution in [2.75, 3.05) is 0 Å². The van der Waals surface area contributed by atoms with Crippen molar-refractivity contribution in [1.29, 1.82) is 0 Å². The molecule has 0 aliphatic rings. The van der Waals surface area contributed by atoms with Crippen molar-refractivity contribution in [3.05, 3.63) is 30.5 Å². The van der Waals surface area contributed by atoms with Crippen LogP contribution in [-0.4, -0.2) is 31.5 Å². The third kappa shape index (κ3) is 1.94. The maximum atomic E-state index is 10.5. The standard InChI is InChI=1S/C9H10N4O2/c10-7(9(14)15)3-6-5-13-2-1-11-4-8(13)12-6/h1-2,4-5,7H,3,10H2,(H,14,15). The van der Waals surface area contributed by atoms with Gasteiger partial charge in [-0.25, -0.2) is 4.98 Å². The highest BCUT2D eigenvalue weighted by Crippen LogP contribution is 2.04. The molecule has 2 aromatic rings. The number of hydrogen-bond donors (Lipinski definition) is 2. The molecule has 0 bridgehead atoms. The van der Waals surface area contributed by atoms with Crippen LogP contribution in [0.1, 0.15) is 5.69 Å². The Balaban J connectivity index is 2.26. The maximum absolute atomic E-state index is 10.5. The van der Waals surface area contributed by atoms with Crippen LogP contribution in [0.3, 0.4) is 0 Å². The first-order chi connectivity index (χ1) is 7.16. The zero-order valence-electron chi connectivity index (χ0n) is 7.87. The number of nitrogens with zero attached hydrogens (tertiary/aromatic N) is 3. The summed E-state index contributed by atoms with van der Waals surface area (Å²) in [6, 6.07) is -0.914. The molecular weight excluding hydrogens is 196 g/mol. The third-order valence-corrected chi connectivity index (χ3v) is 2.06. The number of imidazole rings is 1. The molecule has 0 fully saturated rings. The molecule has 6 heteroatoms. The highest BCUT2D eigenvalue weighted by Gasteiger charge is 2.14. The first-order valence-corrected chi connectivity index (χ1v) is 4.43. The van der Waals surface area contributed by atoms with E-state index in [1.807, 2.05) is 0 Å². The number of fused-ring (bicyclic) bond motifs is 1. The first kappa shape index (κ1) is 9.60. The van der Waals surface area contributed by atoms with Crippen LogP contribution in [0.15, 0.2) is 24.8 Å². The Morgan fingerprint density at radius 2 is 2.47 bits per heavy atom. The van der Waals surface area contributed by atoms with E-state index in [1.54, 1.807) is 29.2 Å². The van der Waals surface area contributed by atoms with Crippen LogP contribution < -0.4 is 5.73 Å². The Kier molecular flexibility index (Phi) is 2.34. The summed E-state index contributed by atoms with van der Waals surface area (Å²) in [4.78, 5) is 18.6. The van der Waals surface area contributed by atoms with Crippen LogP contribution in [0.2, 0.25) is 0 Å². The van der Waals surface area contributed by atoms with E-state index in [0.717, 1.165) is 0 Å². The number of aliphatic carboxylic acids is 1. The molecule has 15 heavy (non-hydrogen) atoms. The number of aromatic nitrogens is 3. The van der Waals surface area contributed by atoms with Crippen LogP contribution in [0.25, 0.3) is 5.65 Å². The van der Waals surface area contributed by atoms with Crippen LogP contribution in [0.5, 0.6) is 0 Å². The molecule has 78 valence electrons. The molecule has 0 saturated carbocycles. The number of carboxylic acids is 1. The zero-order valence-corrected chi connectivity index (χ0v) is 7.87. The second-order valence-electron chi connectivity index (χ2n) is 3.22. The fourth-order valence-corrected chi connectivity index (χ4v) is 1.31. The van der Waals surface area contributed by atoms with Gasteiger partial charge in [-0.05, 0) is 0 Å². The fourth-order valence-electron chi connectivity index (χ4n) is 1.31. The van der Waals surface area contributed by atoms with Gasteiger partial charge in [0, 0.05) is 25.0 Å². The second-order valence-corrected chi connectivity index (χ2v) is 3.22. The van der Waals surface area contributed by atoms with E-state index in [0.29, 0.717) is 11.3 Å². The second kappa shape index (κ2) is 3.66. The van der Waals surface area contributed by atoms with Crippen molar-refractivity contribution in [2.45, 2.75) is 12.5 Å². The minimum Gasteiger partial charge on any atom is -0.480 e. The highest BCUT2D eigenvalue weighted by molar-refractivity contribution is 5.73. The van der Waals surface area contributed by atoms with Gasteiger partial charge in [-0.3, -0.25) is 9.78 Å². The number of rotatable bonds is 3. The van der Waals surface area contributed by atoms with Gasteiger partial charge in [0.25, 0.3) is 0 Å². The largest absolute Gasteiger partial charge is 0.480 e. The Hall–Kier alpha value is -1.95. The molecule has 2 heterocycles. The molecule has 0 aliphatic heterocycles. The summed E-state index contributed by atoms with van der Waals surface area (Å²) in [7, 11) is 0. The van der Waals surface area contributed by atoms with Gasteiger partial charge in [-0.15, -0.1) is 0 Å². The summed E-state index contributed by atoms with van der Waals surface area (Å²) in [5, 5.41) is 8.65. The molecule has 0 radical (unpaired) electrons. The Bertz CT molecular complexity index is 461. The minimum atomic E-state index is -1.02. The van der Waals surface area contributed by atoms with Gasteiger partial charge in [-0.2, -0.15) is 0 Å². The third-order valence-electron chi connectivity index (χ3n) is 2.06. The molecule has 1 unspecified atom stereocenters. The van der Waals surface area contributed by atoms with Crippen molar-refractivity contribution in [3.8, 4) is 0 Å². The Morgan fingerprint density at radius 1 is 1.67 bits per heavy atom. The average molecular weight is 206 g/mol. The summed E-state index contributed by atoms with van der Waals surface area (Å²) >= 11 is 0. The van der Waals surface area contributed by atoms with Crippen LogP contribution in [0.4, 0.5) is 0 Å². The lowest BCUT2D eigenvalue weighted by molar-refractivity contribution is -0.138. The molecule has 6 nitrogen and oxygen atoms in total. The normalized spacial score (nSPS) is 12.9. The van der Waals surface area contributed by atoms with Crippen molar-refractivity contribution < 1.29 is 9.90 Å². The van der Waals surface area contributed by atoms with E-state index >= 15 is 0 Å². The van der Waals surface area contributed by atoms with Crippen molar-refractivity contribution in [1.82, 2.24) is 14.4 Å². The average Bonchev–Trinajstić information content (AvgIpc) is 2.59. The molecule has 0 spiro atoms. The van der Waals surface area contributed by atoms with E-state index < -0.39 is 12.0 Å². The Labute approximate surface area is 85.4 Å². The smallest absolute Gasteiger partial charge is 0.320 e. The maximum Gasteiger partial charge on any atom is 0.320 e. The van der Waals surface area contributed by atoms with Gasteiger partial charge in [0.2, 0.25) is 0 Å². The summed E-state index contributed by atoms with van der Waals surface area (Å²) < 4.78 is 1.77.